The minimum Gasteiger partial charge on any atom is -0.383 e. The average molecular weight is 348 g/mol. The van der Waals surface area contributed by atoms with Crippen molar-refractivity contribution >= 4 is 34.4 Å². The minimum atomic E-state index is 0.478. The van der Waals surface area contributed by atoms with Crippen LogP contribution in [0.1, 0.15) is 25.0 Å². The molecule has 1 fully saturated rings. The first-order valence-electron chi connectivity index (χ1n) is 5.78. The molecule has 0 bridgehead atoms. The van der Waals surface area contributed by atoms with Crippen LogP contribution in [0.4, 0.5) is 11.8 Å². The standard InChI is InChI=1S/C11H17IN4O/c1-17-7-8-9(12)10(13)15-11(14-8)16-5-3-2-4-6-16/h2-7H2,1H3,(H2,13,14,15). The maximum atomic E-state index is 5.92. The number of piperidine rings is 1. The second kappa shape index (κ2) is 5.81. The third-order valence-corrected chi connectivity index (χ3v) is 4.03. The number of anilines is 2. The van der Waals surface area contributed by atoms with Gasteiger partial charge in [-0.1, -0.05) is 0 Å². The monoisotopic (exact) mass is 348 g/mol. The van der Waals surface area contributed by atoms with E-state index in [2.05, 4.69) is 37.5 Å². The van der Waals surface area contributed by atoms with Crippen LogP contribution in [0.25, 0.3) is 0 Å². The van der Waals surface area contributed by atoms with Crippen LogP contribution < -0.4 is 10.6 Å². The number of methoxy groups -OCH3 is 1. The van der Waals surface area contributed by atoms with Gasteiger partial charge in [0.1, 0.15) is 5.82 Å². The zero-order chi connectivity index (χ0) is 12.3. The van der Waals surface area contributed by atoms with Crippen molar-refractivity contribution in [3.63, 3.8) is 0 Å². The summed E-state index contributed by atoms with van der Waals surface area (Å²) < 4.78 is 6.03. The number of hydrogen-bond acceptors (Lipinski definition) is 5. The van der Waals surface area contributed by atoms with Crippen molar-refractivity contribution in [2.24, 2.45) is 0 Å². The second-order valence-electron chi connectivity index (χ2n) is 4.15. The fraction of sp³-hybridized carbons (Fsp3) is 0.636. The number of nitrogens with zero attached hydrogens (tertiary/aromatic N) is 3. The van der Waals surface area contributed by atoms with Crippen LogP contribution in [-0.2, 0) is 11.3 Å². The summed E-state index contributed by atoms with van der Waals surface area (Å²) in [5, 5.41) is 0. The van der Waals surface area contributed by atoms with Crippen LogP contribution >= 0.6 is 22.6 Å². The van der Waals surface area contributed by atoms with E-state index in [9.17, 15) is 0 Å². The van der Waals surface area contributed by atoms with E-state index >= 15 is 0 Å². The molecule has 1 aromatic rings. The lowest BCUT2D eigenvalue weighted by atomic mass is 10.1. The number of aromatic nitrogens is 2. The van der Waals surface area contributed by atoms with E-state index in [1.165, 1.54) is 19.3 Å². The Kier molecular flexibility index (Phi) is 4.38. The summed E-state index contributed by atoms with van der Waals surface area (Å²) in [6.45, 7) is 2.52. The zero-order valence-corrected chi connectivity index (χ0v) is 12.1. The molecule has 0 atom stereocenters. The molecule has 94 valence electrons. The molecule has 6 heteroatoms. The Labute approximate surface area is 115 Å². The Bertz CT molecular complexity index is 393. The van der Waals surface area contributed by atoms with E-state index in [4.69, 9.17) is 10.5 Å². The van der Waals surface area contributed by atoms with Gasteiger partial charge in [0.05, 0.1) is 15.9 Å². The third kappa shape index (κ3) is 2.98. The lowest BCUT2D eigenvalue weighted by Gasteiger charge is -2.27. The van der Waals surface area contributed by atoms with Crippen LogP contribution in [0.3, 0.4) is 0 Å². The van der Waals surface area contributed by atoms with E-state index < -0.39 is 0 Å². The lowest BCUT2D eigenvalue weighted by molar-refractivity contribution is 0.181. The van der Waals surface area contributed by atoms with Gasteiger partial charge in [0.15, 0.2) is 0 Å². The van der Waals surface area contributed by atoms with Gasteiger partial charge in [0, 0.05) is 20.2 Å². The Morgan fingerprint density at radius 2 is 2.00 bits per heavy atom. The first kappa shape index (κ1) is 12.8. The van der Waals surface area contributed by atoms with E-state index in [1.807, 2.05) is 0 Å². The van der Waals surface area contributed by atoms with Gasteiger partial charge in [-0.15, -0.1) is 0 Å². The van der Waals surface area contributed by atoms with Crippen molar-refractivity contribution in [2.45, 2.75) is 25.9 Å². The van der Waals surface area contributed by atoms with Gasteiger partial charge in [0.2, 0.25) is 5.95 Å². The van der Waals surface area contributed by atoms with Crippen molar-refractivity contribution in [2.75, 3.05) is 30.8 Å². The molecule has 0 unspecified atom stereocenters. The fourth-order valence-corrected chi connectivity index (χ4v) is 2.36. The first-order valence-corrected chi connectivity index (χ1v) is 6.86. The maximum Gasteiger partial charge on any atom is 0.227 e. The van der Waals surface area contributed by atoms with Gasteiger partial charge >= 0.3 is 0 Å². The van der Waals surface area contributed by atoms with Crippen LogP contribution in [0.15, 0.2) is 0 Å². The predicted octanol–water partition coefficient (Wildman–Crippen LogP) is 1.80. The Morgan fingerprint density at radius 3 is 2.65 bits per heavy atom. The summed E-state index contributed by atoms with van der Waals surface area (Å²) in [5.41, 5.74) is 6.79. The average Bonchev–Trinajstić information content (AvgIpc) is 2.36. The molecule has 0 aliphatic carbocycles. The van der Waals surface area contributed by atoms with Gasteiger partial charge in [-0.25, -0.2) is 4.98 Å². The molecule has 0 saturated carbocycles. The Morgan fingerprint density at radius 1 is 1.29 bits per heavy atom. The molecule has 0 aromatic carbocycles. The van der Waals surface area contributed by atoms with Crippen LogP contribution in [0.2, 0.25) is 0 Å². The summed E-state index contributed by atoms with van der Waals surface area (Å²) in [6, 6.07) is 0. The van der Waals surface area contributed by atoms with Crippen molar-refractivity contribution in [3.05, 3.63) is 9.26 Å². The second-order valence-corrected chi connectivity index (χ2v) is 5.23. The van der Waals surface area contributed by atoms with Gasteiger partial charge in [-0.05, 0) is 41.9 Å². The molecule has 0 amide bonds. The van der Waals surface area contributed by atoms with Crippen molar-refractivity contribution < 1.29 is 4.74 Å². The van der Waals surface area contributed by atoms with Crippen molar-refractivity contribution in [1.82, 2.24) is 9.97 Å². The molecule has 1 aliphatic rings. The highest BCUT2D eigenvalue weighted by molar-refractivity contribution is 14.1. The largest absolute Gasteiger partial charge is 0.383 e. The summed E-state index contributed by atoms with van der Waals surface area (Å²) in [4.78, 5) is 11.1. The molecule has 1 aliphatic heterocycles. The van der Waals surface area contributed by atoms with E-state index in [0.29, 0.717) is 12.4 Å². The highest BCUT2D eigenvalue weighted by Crippen LogP contribution is 2.22. The molecule has 1 aromatic heterocycles. The number of rotatable bonds is 3. The molecule has 0 radical (unpaired) electrons. The number of nitrogens with two attached hydrogens (primary N) is 1. The molecule has 2 rings (SSSR count). The summed E-state index contributed by atoms with van der Waals surface area (Å²) in [5.74, 6) is 1.29. The summed E-state index contributed by atoms with van der Waals surface area (Å²) in [6.07, 6.45) is 3.70. The Balaban J connectivity index is 2.27. The topological polar surface area (TPSA) is 64.3 Å². The van der Waals surface area contributed by atoms with Crippen LogP contribution in [-0.4, -0.2) is 30.2 Å². The normalized spacial score (nSPS) is 16.2. The molecular formula is C11H17IN4O. The van der Waals surface area contributed by atoms with E-state index in [0.717, 1.165) is 28.3 Å². The lowest BCUT2D eigenvalue weighted by Crippen LogP contribution is -2.31. The van der Waals surface area contributed by atoms with Crippen LogP contribution in [0.5, 0.6) is 0 Å². The van der Waals surface area contributed by atoms with Gasteiger partial charge < -0.3 is 15.4 Å². The third-order valence-electron chi connectivity index (χ3n) is 2.85. The number of hydrogen-bond donors (Lipinski definition) is 1. The van der Waals surface area contributed by atoms with E-state index in [-0.39, 0.29) is 0 Å². The molecule has 2 N–H and O–H groups in total. The first-order chi connectivity index (χ1) is 8.22. The number of ether oxygens (including phenoxy) is 1. The molecule has 17 heavy (non-hydrogen) atoms. The number of halogens is 1. The smallest absolute Gasteiger partial charge is 0.227 e. The number of nitrogen functional groups attached to an aromatic ring is 1. The molecule has 5 nitrogen and oxygen atoms in total. The Hall–Kier alpha value is -0.630. The van der Waals surface area contributed by atoms with E-state index in [1.54, 1.807) is 7.11 Å². The summed E-state index contributed by atoms with van der Waals surface area (Å²) in [7, 11) is 1.66. The SMILES string of the molecule is COCc1nc(N2CCCCC2)nc(N)c1I. The molecule has 2 heterocycles. The fourth-order valence-electron chi connectivity index (χ4n) is 1.97. The quantitative estimate of drug-likeness (QED) is 0.844. The highest BCUT2D eigenvalue weighted by Gasteiger charge is 2.17. The summed E-state index contributed by atoms with van der Waals surface area (Å²) >= 11 is 2.17. The van der Waals surface area contributed by atoms with Crippen LogP contribution in [0, 0.1) is 3.57 Å². The maximum absolute atomic E-state index is 5.92. The molecule has 0 spiro atoms. The predicted molar refractivity (Wildman–Crippen MR) is 75.9 cm³/mol. The van der Waals surface area contributed by atoms with Crippen molar-refractivity contribution in [1.29, 1.82) is 0 Å². The minimum absolute atomic E-state index is 0.478. The van der Waals surface area contributed by atoms with Gasteiger partial charge in [-0.3, -0.25) is 0 Å². The molecular weight excluding hydrogens is 331 g/mol. The molecule has 1 saturated heterocycles. The van der Waals surface area contributed by atoms with Crippen molar-refractivity contribution in [3.8, 4) is 0 Å². The van der Waals surface area contributed by atoms with Gasteiger partial charge in [0.25, 0.3) is 0 Å². The zero-order valence-electron chi connectivity index (χ0n) is 9.95. The highest BCUT2D eigenvalue weighted by atomic mass is 127. The van der Waals surface area contributed by atoms with Gasteiger partial charge in [-0.2, -0.15) is 4.98 Å².